The van der Waals surface area contributed by atoms with Gasteiger partial charge >= 0.3 is 0 Å². The van der Waals surface area contributed by atoms with E-state index in [4.69, 9.17) is 11.6 Å². The number of benzene rings is 2. The number of hydrogen-bond donors (Lipinski definition) is 1. The van der Waals surface area contributed by atoms with Crippen molar-refractivity contribution in [1.29, 1.82) is 0 Å². The molecule has 0 aliphatic heterocycles. The van der Waals surface area contributed by atoms with Crippen molar-refractivity contribution < 1.29 is 4.39 Å². The number of nitrogens with one attached hydrogen (secondary N) is 1. The van der Waals surface area contributed by atoms with E-state index in [2.05, 4.69) is 25.2 Å². The van der Waals surface area contributed by atoms with Gasteiger partial charge in [0.05, 0.1) is 0 Å². The van der Waals surface area contributed by atoms with Gasteiger partial charge in [-0.25, -0.2) is 4.39 Å². The summed E-state index contributed by atoms with van der Waals surface area (Å²) in [5.41, 5.74) is 2.25. The van der Waals surface area contributed by atoms with E-state index < -0.39 is 0 Å². The largest absolute Gasteiger partial charge is 0.303 e. The molecular formula is C17H19ClFN. The van der Waals surface area contributed by atoms with E-state index in [9.17, 15) is 4.39 Å². The average Bonchev–Trinajstić information content (AvgIpc) is 2.45. The monoisotopic (exact) mass is 291 g/mol. The first kappa shape index (κ1) is 15.0. The Morgan fingerprint density at radius 1 is 1.10 bits per heavy atom. The summed E-state index contributed by atoms with van der Waals surface area (Å²) < 4.78 is 13.0. The van der Waals surface area contributed by atoms with Crippen molar-refractivity contribution in [2.75, 3.05) is 0 Å². The van der Waals surface area contributed by atoms with Gasteiger partial charge in [0.15, 0.2) is 0 Å². The highest BCUT2D eigenvalue weighted by atomic mass is 35.5. The minimum atomic E-state index is -0.202. The Labute approximate surface area is 124 Å². The highest BCUT2D eigenvalue weighted by Gasteiger charge is 2.14. The topological polar surface area (TPSA) is 12.0 Å². The summed E-state index contributed by atoms with van der Waals surface area (Å²) in [5, 5.41) is 4.31. The Bertz CT molecular complexity index is 553. The smallest absolute Gasteiger partial charge is 0.123 e. The van der Waals surface area contributed by atoms with Gasteiger partial charge in [-0.15, -0.1) is 0 Å². The van der Waals surface area contributed by atoms with Crippen molar-refractivity contribution >= 4 is 11.6 Å². The van der Waals surface area contributed by atoms with Crippen LogP contribution < -0.4 is 5.32 Å². The van der Waals surface area contributed by atoms with Crippen LogP contribution >= 0.6 is 11.6 Å². The summed E-state index contributed by atoms with van der Waals surface area (Å²) >= 11 is 6.02. The van der Waals surface area contributed by atoms with Crippen molar-refractivity contribution in [3.63, 3.8) is 0 Å². The molecule has 1 unspecified atom stereocenters. The van der Waals surface area contributed by atoms with E-state index in [1.54, 1.807) is 0 Å². The third kappa shape index (κ3) is 3.81. The second kappa shape index (κ2) is 6.87. The molecule has 1 N–H and O–H groups in total. The van der Waals surface area contributed by atoms with Crippen LogP contribution in [0.3, 0.4) is 0 Å². The SMILES string of the molecule is CCC(N[C@@H](C)c1cccc(Cl)c1)c1ccc(F)cc1. The molecule has 106 valence electrons. The summed E-state index contributed by atoms with van der Waals surface area (Å²) in [5.74, 6) is -0.202. The molecule has 2 aromatic carbocycles. The van der Waals surface area contributed by atoms with E-state index in [1.165, 1.54) is 12.1 Å². The van der Waals surface area contributed by atoms with Crippen molar-refractivity contribution in [2.45, 2.75) is 32.4 Å². The van der Waals surface area contributed by atoms with Crippen LogP contribution in [0.25, 0.3) is 0 Å². The molecule has 0 aromatic heterocycles. The zero-order valence-corrected chi connectivity index (χ0v) is 12.5. The second-order valence-electron chi connectivity index (χ2n) is 4.96. The van der Waals surface area contributed by atoms with Gasteiger partial charge in [-0.05, 0) is 48.7 Å². The fourth-order valence-corrected chi connectivity index (χ4v) is 2.52. The molecule has 0 radical (unpaired) electrons. The Balaban J connectivity index is 2.11. The Morgan fingerprint density at radius 2 is 1.80 bits per heavy atom. The standard InChI is InChI=1S/C17H19ClFN/c1-3-17(13-7-9-16(19)10-8-13)20-12(2)14-5-4-6-15(18)11-14/h4-12,17,20H,3H2,1-2H3/t12-,17?/m0/s1. The second-order valence-corrected chi connectivity index (χ2v) is 5.39. The summed E-state index contributed by atoms with van der Waals surface area (Å²) in [6.07, 6.45) is 0.941. The van der Waals surface area contributed by atoms with E-state index in [0.29, 0.717) is 0 Å². The molecule has 2 aromatic rings. The molecule has 1 nitrogen and oxygen atoms in total. The zero-order valence-electron chi connectivity index (χ0n) is 11.7. The Kier molecular flexibility index (Phi) is 5.16. The number of halogens is 2. The van der Waals surface area contributed by atoms with Crippen molar-refractivity contribution in [3.8, 4) is 0 Å². The summed E-state index contributed by atoms with van der Waals surface area (Å²) in [6, 6.07) is 14.9. The van der Waals surface area contributed by atoms with E-state index in [0.717, 1.165) is 22.6 Å². The minimum Gasteiger partial charge on any atom is -0.303 e. The van der Waals surface area contributed by atoms with Gasteiger partial charge in [0, 0.05) is 17.1 Å². The lowest BCUT2D eigenvalue weighted by Gasteiger charge is -2.23. The van der Waals surface area contributed by atoms with Gasteiger partial charge in [0.1, 0.15) is 5.82 Å². The van der Waals surface area contributed by atoms with Crippen molar-refractivity contribution in [3.05, 3.63) is 70.5 Å². The predicted octanol–water partition coefficient (Wildman–Crippen LogP) is 5.28. The molecule has 0 saturated carbocycles. The fraction of sp³-hybridized carbons (Fsp3) is 0.294. The molecule has 0 aliphatic rings. The third-order valence-electron chi connectivity index (χ3n) is 3.48. The molecule has 20 heavy (non-hydrogen) atoms. The molecule has 0 bridgehead atoms. The number of hydrogen-bond acceptors (Lipinski definition) is 1. The first-order valence-corrected chi connectivity index (χ1v) is 7.25. The Morgan fingerprint density at radius 3 is 2.40 bits per heavy atom. The van der Waals surface area contributed by atoms with Crippen molar-refractivity contribution in [2.24, 2.45) is 0 Å². The molecule has 0 saturated heterocycles. The maximum Gasteiger partial charge on any atom is 0.123 e. The lowest BCUT2D eigenvalue weighted by molar-refractivity contribution is 0.456. The third-order valence-corrected chi connectivity index (χ3v) is 3.72. The first-order chi connectivity index (χ1) is 9.60. The van der Waals surface area contributed by atoms with Crippen LogP contribution in [-0.4, -0.2) is 0 Å². The first-order valence-electron chi connectivity index (χ1n) is 6.87. The highest BCUT2D eigenvalue weighted by Crippen LogP contribution is 2.23. The van der Waals surface area contributed by atoms with Crippen LogP contribution in [0.1, 0.15) is 43.5 Å². The van der Waals surface area contributed by atoms with Gasteiger partial charge in [-0.3, -0.25) is 0 Å². The molecule has 0 aliphatic carbocycles. The summed E-state index contributed by atoms with van der Waals surface area (Å²) in [6.45, 7) is 4.23. The highest BCUT2D eigenvalue weighted by molar-refractivity contribution is 6.30. The van der Waals surface area contributed by atoms with Gasteiger partial charge in [-0.2, -0.15) is 0 Å². The molecule has 0 amide bonds. The maximum absolute atomic E-state index is 13.0. The zero-order chi connectivity index (χ0) is 14.5. The molecule has 0 heterocycles. The Hall–Kier alpha value is -1.38. The quantitative estimate of drug-likeness (QED) is 0.790. The molecule has 0 spiro atoms. The maximum atomic E-state index is 13.0. The van der Waals surface area contributed by atoms with Crippen LogP contribution in [-0.2, 0) is 0 Å². The lowest BCUT2D eigenvalue weighted by Crippen LogP contribution is -2.24. The minimum absolute atomic E-state index is 0.184. The fourth-order valence-electron chi connectivity index (χ4n) is 2.32. The molecule has 2 atom stereocenters. The normalized spacial score (nSPS) is 14.0. The molecule has 3 heteroatoms. The van der Waals surface area contributed by atoms with Gasteiger partial charge < -0.3 is 5.32 Å². The number of rotatable bonds is 5. The molecule has 0 fully saturated rings. The van der Waals surface area contributed by atoms with Gasteiger partial charge in [0.2, 0.25) is 0 Å². The van der Waals surface area contributed by atoms with E-state index in [-0.39, 0.29) is 17.9 Å². The molecular weight excluding hydrogens is 273 g/mol. The van der Waals surface area contributed by atoms with Gasteiger partial charge in [-0.1, -0.05) is 42.8 Å². The summed E-state index contributed by atoms with van der Waals surface area (Å²) in [7, 11) is 0. The summed E-state index contributed by atoms with van der Waals surface area (Å²) in [4.78, 5) is 0. The van der Waals surface area contributed by atoms with E-state index >= 15 is 0 Å². The van der Waals surface area contributed by atoms with Crippen LogP contribution in [0.15, 0.2) is 48.5 Å². The average molecular weight is 292 g/mol. The van der Waals surface area contributed by atoms with Crippen molar-refractivity contribution in [1.82, 2.24) is 5.32 Å². The van der Waals surface area contributed by atoms with Crippen LogP contribution in [0, 0.1) is 5.82 Å². The molecule has 2 rings (SSSR count). The van der Waals surface area contributed by atoms with E-state index in [1.807, 2.05) is 30.3 Å². The van der Waals surface area contributed by atoms with Crippen LogP contribution in [0.5, 0.6) is 0 Å². The lowest BCUT2D eigenvalue weighted by atomic mass is 10.0. The van der Waals surface area contributed by atoms with Crippen LogP contribution in [0.2, 0.25) is 5.02 Å². The van der Waals surface area contributed by atoms with Crippen LogP contribution in [0.4, 0.5) is 4.39 Å². The van der Waals surface area contributed by atoms with Gasteiger partial charge in [0.25, 0.3) is 0 Å². The predicted molar refractivity (Wildman–Crippen MR) is 82.4 cm³/mol.